The summed E-state index contributed by atoms with van der Waals surface area (Å²) >= 11 is 0. The van der Waals surface area contributed by atoms with Crippen molar-refractivity contribution in [3.63, 3.8) is 0 Å². The minimum Gasteiger partial charge on any atom is -0.481 e. The molecule has 0 spiro atoms. The van der Waals surface area contributed by atoms with E-state index >= 15 is 0 Å². The summed E-state index contributed by atoms with van der Waals surface area (Å²) < 4.78 is 38.5. The predicted molar refractivity (Wildman–Crippen MR) is 46.7 cm³/mol. The molecular formula is C8H10F3N3O2. The maximum atomic E-state index is 12.5. The Bertz CT molecular complexity index is 423. The summed E-state index contributed by atoms with van der Waals surface area (Å²) in [6.07, 6.45) is -4.71. The van der Waals surface area contributed by atoms with Crippen molar-refractivity contribution in [2.45, 2.75) is 25.4 Å². The van der Waals surface area contributed by atoms with Crippen molar-refractivity contribution in [2.75, 3.05) is 0 Å². The highest BCUT2D eigenvalue weighted by molar-refractivity contribution is 5.80. The zero-order valence-corrected chi connectivity index (χ0v) is 8.83. The topological polar surface area (TPSA) is 68.0 Å². The van der Waals surface area contributed by atoms with E-state index in [4.69, 9.17) is 5.11 Å². The lowest BCUT2D eigenvalue weighted by molar-refractivity contribution is -0.146. The molecule has 0 saturated heterocycles. The second kappa shape index (κ2) is 3.46. The Morgan fingerprint density at radius 3 is 2.25 bits per heavy atom. The maximum absolute atomic E-state index is 12.5. The first-order chi connectivity index (χ1) is 7.08. The number of carbonyl (C=O) groups is 1. The Kier molecular flexibility index (Phi) is 2.70. The molecule has 0 aromatic carbocycles. The molecule has 0 atom stereocenters. The van der Waals surface area contributed by atoms with Crippen LogP contribution in [0.3, 0.4) is 0 Å². The number of aromatic nitrogens is 3. The van der Waals surface area contributed by atoms with Gasteiger partial charge in [0, 0.05) is 7.05 Å². The quantitative estimate of drug-likeness (QED) is 0.839. The number of nitrogens with zero attached hydrogens (tertiary/aromatic N) is 3. The Hall–Kier alpha value is -1.60. The van der Waals surface area contributed by atoms with E-state index in [-0.39, 0.29) is 0 Å². The molecule has 5 nitrogen and oxygen atoms in total. The third kappa shape index (κ3) is 1.86. The molecule has 1 heterocycles. The van der Waals surface area contributed by atoms with Crippen molar-refractivity contribution >= 4 is 5.97 Å². The van der Waals surface area contributed by atoms with Crippen LogP contribution in [-0.2, 0) is 23.4 Å². The molecule has 1 rings (SSSR count). The number of halogens is 3. The molecule has 1 aromatic heterocycles. The molecule has 0 unspecified atom stereocenters. The van der Waals surface area contributed by atoms with Crippen LogP contribution in [0.2, 0.25) is 0 Å². The fraction of sp³-hybridized carbons (Fsp3) is 0.625. The summed E-state index contributed by atoms with van der Waals surface area (Å²) in [5, 5.41) is 15.1. The summed E-state index contributed by atoms with van der Waals surface area (Å²) in [5.74, 6) is -1.37. The van der Waals surface area contributed by atoms with Gasteiger partial charge in [-0.3, -0.25) is 9.48 Å². The third-order valence-corrected chi connectivity index (χ3v) is 2.22. The fourth-order valence-electron chi connectivity index (χ4n) is 1.35. The van der Waals surface area contributed by atoms with Crippen molar-refractivity contribution in [3.8, 4) is 0 Å². The molecule has 0 aliphatic heterocycles. The van der Waals surface area contributed by atoms with E-state index in [0.29, 0.717) is 0 Å². The lowest BCUT2D eigenvalue weighted by Crippen LogP contribution is -2.33. The highest BCUT2D eigenvalue weighted by Crippen LogP contribution is 2.35. The van der Waals surface area contributed by atoms with Crippen molar-refractivity contribution in [1.29, 1.82) is 0 Å². The molecule has 90 valence electrons. The van der Waals surface area contributed by atoms with E-state index in [1.165, 1.54) is 20.9 Å². The fourth-order valence-corrected chi connectivity index (χ4v) is 1.35. The Morgan fingerprint density at radius 2 is 1.88 bits per heavy atom. The van der Waals surface area contributed by atoms with E-state index in [1.807, 2.05) is 0 Å². The average Bonchev–Trinajstić information content (AvgIpc) is 2.46. The van der Waals surface area contributed by atoms with Crippen molar-refractivity contribution < 1.29 is 23.1 Å². The third-order valence-electron chi connectivity index (χ3n) is 2.22. The van der Waals surface area contributed by atoms with E-state index in [9.17, 15) is 18.0 Å². The molecule has 0 aliphatic rings. The number of hydrogen-bond acceptors (Lipinski definition) is 3. The summed E-state index contributed by atoms with van der Waals surface area (Å²) in [6.45, 7) is 2.34. The van der Waals surface area contributed by atoms with Gasteiger partial charge in [0.15, 0.2) is 5.69 Å². The summed E-state index contributed by atoms with van der Waals surface area (Å²) in [4.78, 5) is 10.9. The average molecular weight is 237 g/mol. The van der Waals surface area contributed by atoms with Gasteiger partial charge >= 0.3 is 12.1 Å². The number of aryl methyl sites for hydroxylation is 1. The van der Waals surface area contributed by atoms with Gasteiger partial charge in [-0.05, 0) is 13.8 Å². The largest absolute Gasteiger partial charge is 0.481 e. The first-order valence-electron chi connectivity index (χ1n) is 4.29. The van der Waals surface area contributed by atoms with Crippen LogP contribution in [0.1, 0.15) is 25.2 Å². The number of aliphatic carboxylic acids is 1. The zero-order chi connectivity index (χ0) is 12.7. The minimum atomic E-state index is -4.71. The second-order valence-corrected chi connectivity index (χ2v) is 3.84. The number of rotatable bonds is 2. The molecule has 0 saturated carbocycles. The van der Waals surface area contributed by atoms with Gasteiger partial charge < -0.3 is 5.11 Å². The van der Waals surface area contributed by atoms with Crippen molar-refractivity contribution in [1.82, 2.24) is 15.0 Å². The van der Waals surface area contributed by atoms with Gasteiger partial charge in [0.1, 0.15) is 5.41 Å². The number of carboxylic acids is 1. The first-order valence-corrected chi connectivity index (χ1v) is 4.29. The molecular weight excluding hydrogens is 227 g/mol. The van der Waals surface area contributed by atoms with Crippen LogP contribution >= 0.6 is 0 Å². The highest BCUT2D eigenvalue weighted by Gasteiger charge is 2.45. The van der Waals surface area contributed by atoms with E-state index < -0.39 is 28.9 Å². The molecule has 0 aliphatic carbocycles. The van der Waals surface area contributed by atoms with Crippen LogP contribution in [-0.4, -0.2) is 26.1 Å². The molecule has 1 aromatic rings. The van der Waals surface area contributed by atoms with Gasteiger partial charge in [0.2, 0.25) is 0 Å². The SMILES string of the molecule is Cn1nnc(C(F)(F)F)c1C(C)(C)C(=O)O. The molecule has 0 bridgehead atoms. The lowest BCUT2D eigenvalue weighted by Gasteiger charge is -2.20. The summed E-state index contributed by atoms with van der Waals surface area (Å²) in [7, 11) is 1.22. The van der Waals surface area contributed by atoms with Crippen LogP contribution in [0.25, 0.3) is 0 Å². The molecule has 16 heavy (non-hydrogen) atoms. The monoisotopic (exact) mass is 237 g/mol. The van der Waals surface area contributed by atoms with Crippen molar-refractivity contribution in [2.24, 2.45) is 7.05 Å². The highest BCUT2D eigenvalue weighted by atomic mass is 19.4. The minimum absolute atomic E-state index is 0.465. The second-order valence-electron chi connectivity index (χ2n) is 3.84. The Labute approximate surface area is 88.9 Å². The van der Waals surface area contributed by atoms with Gasteiger partial charge in [-0.15, -0.1) is 5.10 Å². The normalized spacial score (nSPS) is 12.9. The van der Waals surface area contributed by atoms with Crippen LogP contribution in [0, 0.1) is 0 Å². The predicted octanol–water partition coefficient (Wildman–Crippen LogP) is 1.20. The van der Waals surface area contributed by atoms with Gasteiger partial charge in [-0.25, -0.2) is 0 Å². The lowest BCUT2D eigenvalue weighted by atomic mass is 9.88. The van der Waals surface area contributed by atoms with E-state index in [2.05, 4.69) is 10.3 Å². The zero-order valence-electron chi connectivity index (χ0n) is 8.83. The number of hydrogen-bond donors (Lipinski definition) is 1. The van der Waals surface area contributed by atoms with Crippen LogP contribution in [0.4, 0.5) is 13.2 Å². The molecule has 0 radical (unpaired) electrons. The van der Waals surface area contributed by atoms with E-state index in [1.54, 1.807) is 0 Å². The molecule has 0 amide bonds. The van der Waals surface area contributed by atoms with Crippen LogP contribution in [0.5, 0.6) is 0 Å². The van der Waals surface area contributed by atoms with Gasteiger partial charge in [-0.2, -0.15) is 13.2 Å². The standard InChI is InChI=1S/C8H10F3N3O2/c1-7(2,6(15)16)5-4(8(9,10)11)12-13-14(5)3/h1-3H3,(H,15,16). The van der Waals surface area contributed by atoms with Crippen molar-refractivity contribution in [3.05, 3.63) is 11.4 Å². The molecule has 8 heteroatoms. The number of alkyl halides is 3. The van der Waals surface area contributed by atoms with Gasteiger partial charge in [-0.1, -0.05) is 5.21 Å². The maximum Gasteiger partial charge on any atom is 0.437 e. The van der Waals surface area contributed by atoms with Gasteiger partial charge in [0.05, 0.1) is 5.69 Å². The Balaban J connectivity index is 3.44. The molecule has 0 fully saturated rings. The van der Waals surface area contributed by atoms with Gasteiger partial charge in [0.25, 0.3) is 0 Å². The summed E-state index contributed by atoms with van der Waals surface area (Å²) in [6, 6.07) is 0. The number of carboxylic acid groups (broad SMARTS) is 1. The van der Waals surface area contributed by atoms with E-state index in [0.717, 1.165) is 4.68 Å². The summed E-state index contributed by atoms with van der Waals surface area (Å²) in [5.41, 5.74) is -3.43. The van der Waals surface area contributed by atoms with Crippen LogP contribution < -0.4 is 0 Å². The molecule has 1 N–H and O–H groups in total. The van der Waals surface area contributed by atoms with Crippen LogP contribution in [0.15, 0.2) is 0 Å². The Morgan fingerprint density at radius 1 is 1.38 bits per heavy atom. The first kappa shape index (κ1) is 12.5. The smallest absolute Gasteiger partial charge is 0.437 e.